The van der Waals surface area contributed by atoms with Gasteiger partial charge in [0.25, 0.3) is 0 Å². The standard InChI is InChI=1S/C14H17BrN4O4S/c1-2-16-14(21)17-5-6-22-12(20)4-3-11-18-13(19-23-11)10-7-9(15)8-24-10/h7-8H,2-6H2,1H3,(H2,16,17,21). The van der Waals surface area contributed by atoms with Crippen molar-refractivity contribution in [3.05, 3.63) is 21.8 Å². The quantitative estimate of drug-likeness (QED) is 0.505. The molecule has 0 bridgehead atoms. The monoisotopic (exact) mass is 416 g/mol. The van der Waals surface area contributed by atoms with Crippen LogP contribution < -0.4 is 10.6 Å². The highest BCUT2D eigenvalue weighted by atomic mass is 79.9. The van der Waals surface area contributed by atoms with E-state index in [9.17, 15) is 9.59 Å². The van der Waals surface area contributed by atoms with E-state index in [4.69, 9.17) is 9.26 Å². The Morgan fingerprint density at radius 1 is 1.42 bits per heavy atom. The van der Waals surface area contributed by atoms with Gasteiger partial charge in [-0.2, -0.15) is 4.98 Å². The Morgan fingerprint density at radius 2 is 2.25 bits per heavy atom. The zero-order valence-electron chi connectivity index (χ0n) is 13.0. The number of carbonyl (C=O) groups is 2. The Bertz CT molecular complexity index is 688. The zero-order valence-corrected chi connectivity index (χ0v) is 15.4. The Labute approximate surface area is 151 Å². The van der Waals surface area contributed by atoms with Crippen LogP contribution in [0.5, 0.6) is 0 Å². The fourth-order valence-corrected chi connectivity index (χ4v) is 3.07. The minimum Gasteiger partial charge on any atom is -0.464 e. The first-order valence-electron chi connectivity index (χ1n) is 7.32. The predicted molar refractivity (Wildman–Crippen MR) is 91.7 cm³/mol. The van der Waals surface area contributed by atoms with Crippen LogP contribution in [-0.2, 0) is 16.0 Å². The van der Waals surface area contributed by atoms with E-state index in [0.717, 1.165) is 9.35 Å². The van der Waals surface area contributed by atoms with Gasteiger partial charge in [0.2, 0.25) is 11.7 Å². The molecule has 130 valence electrons. The molecule has 0 aliphatic heterocycles. The molecule has 0 aliphatic carbocycles. The van der Waals surface area contributed by atoms with E-state index in [1.807, 2.05) is 18.4 Å². The van der Waals surface area contributed by atoms with Crippen molar-refractivity contribution in [2.45, 2.75) is 19.8 Å². The molecule has 2 aromatic rings. The lowest BCUT2D eigenvalue weighted by atomic mass is 10.3. The number of aromatic nitrogens is 2. The molecule has 10 heteroatoms. The number of ether oxygens (including phenoxy) is 1. The SMILES string of the molecule is CCNC(=O)NCCOC(=O)CCc1nc(-c2cc(Br)cs2)no1. The van der Waals surface area contributed by atoms with Gasteiger partial charge in [-0.05, 0) is 28.9 Å². The summed E-state index contributed by atoms with van der Waals surface area (Å²) in [5, 5.41) is 11.0. The van der Waals surface area contributed by atoms with E-state index in [2.05, 4.69) is 36.7 Å². The lowest BCUT2D eigenvalue weighted by Gasteiger charge is -2.06. The number of urea groups is 1. The van der Waals surface area contributed by atoms with Crippen LogP contribution in [-0.4, -0.2) is 41.8 Å². The van der Waals surface area contributed by atoms with Crippen molar-refractivity contribution >= 4 is 39.3 Å². The number of aryl methyl sites for hydroxylation is 1. The second kappa shape index (κ2) is 9.38. The molecule has 0 saturated carbocycles. The van der Waals surface area contributed by atoms with Crippen molar-refractivity contribution in [3.63, 3.8) is 0 Å². The Kier molecular flexibility index (Phi) is 7.19. The number of halogens is 1. The number of rotatable bonds is 8. The van der Waals surface area contributed by atoms with Gasteiger partial charge in [0.15, 0.2) is 0 Å². The zero-order chi connectivity index (χ0) is 17.4. The lowest BCUT2D eigenvalue weighted by Crippen LogP contribution is -2.37. The van der Waals surface area contributed by atoms with Crippen LogP contribution in [0.1, 0.15) is 19.2 Å². The van der Waals surface area contributed by atoms with Crippen LogP contribution >= 0.6 is 27.3 Å². The maximum Gasteiger partial charge on any atom is 0.314 e. The van der Waals surface area contributed by atoms with Gasteiger partial charge in [0.05, 0.1) is 17.8 Å². The predicted octanol–water partition coefficient (Wildman–Crippen LogP) is 2.36. The Hall–Kier alpha value is -1.94. The summed E-state index contributed by atoms with van der Waals surface area (Å²) in [6.45, 7) is 2.74. The van der Waals surface area contributed by atoms with Crippen molar-refractivity contribution < 1.29 is 18.8 Å². The molecule has 2 heterocycles. The first-order chi connectivity index (χ1) is 11.6. The Morgan fingerprint density at radius 3 is 2.96 bits per heavy atom. The van der Waals surface area contributed by atoms with Crippen LogP contribution in [0.2, 0.25) is 0 Å². The van der Waals surface area contributed by atoms with Crippen molar-refractivity contribution in [2.75, 3.05) is 19.7 Å². The number of thiophene rings is 1. The van der Waals surface area contributed by atoms with Crippen molar-refractivity contribution in [1.29, 1.82) is 0 Å². The molecule has 0 spiro atoms. The van der Waals surface area contributed by atoms with E-state index in [-0.39, 0.29) is 31.6 Å². The fourth-order valence-electron chi connectivity index (χ4n) is 1.72. The molecule has 0 aliphatic rings. The number of esters is 1. The largest absolute Gasteiger partial charge is 0.464 e. The number of hydrogen-bond acceptors (Lipinski definition) is 7. The van der Waals surface area contributed by atoms with Crippen LogP contribution in [0.15, 0.2) is 20.4 Å². The van der Waals surface area contributed by atoms with Crippen molar-refractivity contribution in [1.82, 2.24) is 20.8 Å². The van der Waals surface area contributed by atoms with Crippen LogP contribution in [0.4, 0.5) is 4.79 Å². The fraction of sp³-hybridized carbons (Fsp3) is 0.429. The first-order valence-corrected chi connectivity index (χ1v) is 9.00. The Balaban J connectivity index is 1.67. The van der Waals surface area contributed by atoms with Gasteiger partial charge in [0, 0.05) is 22.8 Å². The van der Waals surface area contributed by atoms with Crippen molar-refractivity contribution in [3.8, 4) is 10.7 Å². The summed E-state index contributed by atoms with van der Waals surface area (Å²) in [7, 11) is 0. The van der Waals surface area contributed by atoms with Gasteiger partial charge in [0.1, 0.15) is 6.61 Å². The normalized spacial score (nSPS) is 10.4. The van der Waals surface area contributed by atoms with E-state index >= 15 is 0 Å². The number of nitrogens with one attached hydrogen (secondary N) is 2. The van der Waals surface area contributed by atoms with E-state index < -0.39 is 0 Å². The summed E-state index contributed by atoms with van der Waals surface area (Å²) in [5.41, 5.74) is 0. The summed E-state index contributed by atoms with van der Waals surface area (Å²) >= 11 is 4.86. The minimum absolute atomic E-state index is 0.119. The summed E-state index contributed by atoms with van der Waals surface area (Å²) < 4.78 is 11.1. The lowest BCUT2D eigenvalue weighted by molar-refractivity contribution is -0.143. The third-order valence-electron chi connectivity index (χ3n) is 2.79. The highest BCUT2D eigenvalue weighted by Gasteiger charge is 2.12. The van der Waals surface area contributed by atoms with Gasteiger partial charge < -0.3 is 19.9 Å². The third-order valence-corrected chi connectivity index (χ3v) is 4.47. The molecular weight excluding hydrogens is 400 g/mol. The molecule has 0 fully saturated rings. The maximum absolute atomic E-state index is 11.6. The van der Waals surface area contributed by atoms with E-state index in [0.29, 0.717) is 24.7 Å². The van der Waals surface area contributed by atoms with Gasteiger partial charge in [-0.15, -0.1) is 11.3 Å². The van der Waals surface area contributed by atoms with Gasteiger partial charge in [-0.1, -0.05) is 5.16 Å². The van der Waals surface area contributed by atoms with Crippen LogP contribution in [0.3, 0.4) is 0 Å². The average Bonchev–Trinajstić information content (AvgIpc) is 3.18. The van der Waals surface area contributed by atoms with Gasteiger partial charge >= 0.3 is 12.0 Å². The topological polar surface area (TPSA) is 106 Å². The second-order valence-electron chi connectivity index (χ2n) is 4.65. The number of carbonyl (C=O) groups excluding carboxylic acids is 2. The molecule has 0 radical (unpaired) electrons. The van der Waals surface area contributed by atoms with E-state index in [1.165, 1.54) is 11.3 Å². The molecule has 0 aromatic carbocycles. The molecule has 2 N–H and O–H groups in total. The number of hydrogen-bond donors (Lipinski definition) is 2. The van der Waals surface area contributed by atoms with Crippen molar-refractivity contribution in [2.24, 2.45) is 0 Å². The molecule has 0 unspecified atom stereocenters. The molecule has 0 atom stereocenters. The van der Waals surface area contributed by atoms with Gasteiger partial charge in [-0.25, -0.2) is 4.79 Å². The molecule has 2 rings (SSSR count). The molecule has 2 aromatic heterocycles. The smallest absolute Gasteiger partial charge is 0.314 e. The third kappa shape index (κ3) is 5.93. The second-order valence-corrected chi connectivity index (χ2v) is 6.47. The first kappa shape index (κ1) is 18.4. The number of amides is 2. The summed E-state index contributed by atoms with van der Waals surface area (Å²) in [6, 6.07) is 1.61. The highest BCUT2D eigenvalue weighted by Crippen LogP contribution is 2.27. The average molecular weight is 417 g/mol. The van der Waals surface area contributed by atoms with Crippen LogP contribution in [0, 0.1) is 0 Å². The molecule has 2 amide bonds. The maximum atomic E-state index is 11.6. The molecular formula is C14H17BrN4O4S. The molecule has 0 saturated heterocycles. The molecule has 8 nitrogen and oxygen atoms in total. The van der Waals surface area contributed by atoms with Crippen LogP contribution in [0.25, 0.3) is 10.7 Å². The summed E-state index contributed by atoms with van der Waals surface area (Å²) in [4.78, 5) is 27.9. The number of nitrogens with zero attached hydrogens (tertiary/aromatic N) is 2. The van der Waals surface area contributed by atoms with Gasteiger partial charge in [-0.3, -0.25) is 4.79 Å². The molecule has 24 heavy (non-hydrogen) atoms. The van der Waals surface area contributed by atoms with E-state index in [1.54, 1.807) is 0 Å². The summed E-state index contributed by atoms with van der Waals surface area (Å²) in [5.74, 6) is 0.499. The minimum atomic E-state index is -0.383. The highest BCUT2D eigenvalue weighted by molar-refractivity contribution is 9.10. The summed E-state index contributed by atoms with van der Waals surface area (Å²) in [6.07, 6.45) is 0.444.